The molecular weight excluding hydrogens is 244 g/mol. The highest BCUT2D eigenvalue weighted by atomic mass is 32.1. The Labute approximate surface area is 112 Å². The third-order valence-corrected chi connectivity index (χ3v) is 3.88. The van der Waals surface area contributed by atoms with Gasteiger partial charge in [-0.15, -0.1) is 11.3 Å². The molecule has 1 heterocycles. The number of aromatic nitrogens is 1. The van der Waals surface area contributed by atoms with Crippen LogP contribution in [0.4, 0.5) is 0 Å². The van der Waals surface area contributed by atoms with Crippen molar-refractivity contribution in [3.05, 3.63) is 34.3 Å². The maximum Gasteiger partial charge on any atom is 0.129 e. The van der Waals surface area contributed by atoms with Gasteiger partial charge in [0.2, 0.25) is 0 Å². The third-order valence-electron chi connectivity index (χ3n) is 2.96. The van der Waals surface area contributed by atoms with Crippen LogP contribution in [0.2, 0.25) is 0 Å². The number of hydrogen-bond donors (Lipinski definition) is 1. The standard InChI is InChI=1S/C14H18N2OS/c1-9-5-12(13(17-4)6-10(9)2)14-16-11(7-15-3)8-18-14/h5-6,8,15H,7H2,1-4H3. The van der Waals surface area contributed by atoms with Gasteiger partial charge in [-0.2, -0.15) is 0 Å². The van der Waals surface area contributed by atoms with E-state index in [9.17, 15) is 0 Å². The molecule has 1 aromatic heterocycles. The monoisotopic (exact) mass is 262 g/mol. The van der Waals surface area contributed by atoms with Crippen molar-refractivity contribution in [2.24, 2.45) is 0 Å². The van der Waals surface area contributed by atoms with Gasteiger partial charge in [0, 0.05) is 11.9 Å². The average molecular weight is 262 g/mol. The van der Waals surface area contributed by atoms with Crippen molar-refractivity contribution in [1.29, 1.82) is 0 Å². The van der Waals surface area contributed by atoms with E-state index in [2.05, 4.69) is 41.7 Å². The van der Waals surface area contributed by atoms with Gasteiger partial charge in [0.05, 0.1) is 18.4 Å². The summed E-state index contributed by atoms with van der Waals surface area (Å²) in [6.45, 7) is 5.00. The molecule has 0 fully saturated rings. The molecule has 0 atom stereocenters. The van der Waals surface area contributed by atoms with Crippen molar-refractivity contribution in [2.75, 3.05) is 14.2 Å². The Kier molecular flexibility index (Phi) is 3.99. The fourth-order valence-electron chi connectivity index (χ4n) is 1.82. The van der Waals surface area contributed by atoms with E-state index in [1.54, 1.807) is 18.4 Å². The van der Waals surface area contributed by atoms with Crippen LogP contribution < -0.4 is 10.1 Å². The Morgan fingerprint density at radius 3 is 2.67 bits per heavy atom. The Morgan fingerprint density at radius 2 is 2.00 bits per heavy atom. The van der Waals surface area contributed by atoms with Gasteiger partial charge in [-0.1, -0.05) is 0 Å². The minimum Gasteiger partial charge on any atom is -0.496 e. The minimum atomic E-state index is 0.795. The Balaban J connectivity index is 2.45. The molecule has 96 valence electrons. The van der Waals surface area contributed by atoms with Crippen molar-refractivity contribution in [1.82, 2.24) is 10.3 Å². The quantitative estimate of drug-likeness (QED) is 0.919. The van der Waals surface area contributed by atoms with Gasteiger partial charge in [-0.05, 0) is 44.2 Å². The maximum atomic E-state index is 5.46. The summed E-state index contributed by atoms with van der Waals surface area (Å²) in [5.74, 6) is 0.892. The summed E-state index contributed by atoms with van der Waals surface area (Å²) < 4.78 is 5.46. The van der Waals surface area contributed by atoms with Crippen molar-refractivity contribution in [3.63, 3.8) is 0 Å². The summed E-state index contributed by atoms with van der Waals surface area (Å²) in [5.41, 5.74) is 4.64. The van der Waals surface area contributed by atoms with E-state index in [0.29, 0.717) is 0 Å². The molecule has 0 radical (unpaired) electrons. The molecule has 0 aliphatic rings. The summed E-state index contributed by atoms with van der Waals surface area (Å²) >= 11 is 1.66. The number of thiazole rings is 1. The van der Waals surface area contributed by atoms with E-state index >= 15 is 0 Å². The van der Waals surface area contributed by atoms with Crippen LogP contribution in [0.1, 0.15) is 16.8 Å². The number of methoxy groups -OCH3 is 1. The number of aryl methyl sites for hydroxylation is 2. The summed E-state index contributed by atoms with van der Waals surface area (Å²) in [5, 5.41) is 6.21. The van der Waals surface area contributed by atoms with E-state index in [-0.39, 0.29) is 0 Å². The van der Waals surface area contributed by atoms with Crippen LogP contribution in [0.25, 0.3) is 10.6 Å². The van der Waals surface area contributed by atoms with Crippen LogP contribution in [-0.4, -0.2) is 19.1 Å². The molecule has 0 spiro atoms. The lowest BCUT2D eigenvalue weighted by atomic mass is 10.1. The third kappa shape index (κ3) is 2.54. The summed E-state index contributed by atoms with van der Waals surface area (Å²) in [7, 11) is 3.63. The van der Waals surface area contributed by atoms with Gasteiger partial charge in [-0.3, -0.25) is 0 Å². The zero-order valence-corrected chi connectivity index (χ0v) is 12.0. The van der Waals surface area contributed by atoms with E-state index in [0.717, 1.165) is 28.6 Å². The van der Waals surface area contributed by atoms with Crippen LogP contribution in [0.15, 0.2) is 17.5 Å². The van der Waals surface area contributed by atoms with E-state index in [1.807, 2.05) is 7.05 Å². The summed E-state index contributed by atoms with van der Waals surface area (Å²) in [6, 6.07) is 4.22. The minimum absolute atomic E-state index is 0.795. The second-order valence-corrected chi connectivity index (χ2v) is 5.17. The first-order chi connectivity index (χ1) is 8.65. The lowest BCUT2D eigenvalue weighted by molar-refractivity contribution is 0.416. The molecule has 2 rings (SSSR count). The lowest BCUT2D eigenvalue weighted by Crippen LogP contribution is -2.04. The molecule has 3 nitrogen and oxygen atoms in total. The molecule has 0 bridgehead atoms. The molecule has 18 heavy (non-hydrogen) atoms. The molecule has 0 unspecified atom stereocenters. The van der Waals surface area contributed by atoms with E-state index in [4.69, 9.17) is 4.74 Å². The highest BCUT2D eigenvalue weighted by Crippen LogP contribution is 2.34. The predicted molar refractivity (Wildman–Crippen MR) is 76.3 cm³/mol. The van der Waals surface area contributed by atoms with Gasteiger partial charge in [0.25, 0.3) is 0 Å². The fraction of sp³-hybridized carbons (Fsp3) is 0.357. The smallest absolute Gasteiger partial charge is 0.129 e. The molecule has 0 amide bonds. The Bertz CT molecular complexity index is 549. The van der Waals surface area contributed by atoms with Gasteiger partial charge in [0.15, 0.2) is 0 Å². The first-order valence-electron chi connectivity index (χ1n) is 5.90. The second kappa shape index (κ2) is 5.50. The molecule has 4 heteroatoms. The highest BCUT2D eigenvalue weighted by molar-refractivity contribution is 7.13. The molecule has 2 aromatic rings. The number of nitrogens with one attached hydrogen (secondary N) is 1. The summed E-state index contributed by atoms with van der Waals surface area (Å²) in [6.07, 6.45) is 0. The van der Waals surface area contributed by atoms with Crippen molar-refractivity contribution < 1.29 is 4.74 Å². The van der Waals surface area contributed by atoms with Gasteiger partial charge in [-0.25, -0.2) is 4.98 Å². The molecule has 1 aromatic carbocycles. The first-order valence-corrected chi connectivity index (χ1v) is 6.78. The topological polar surface area (TPSA) is 34.1 Å². The van der Waals surface area contributed by atoms with Crippen LogP contribution >= 0.6 is 11.3 Å². The molecule has 0 saturated heterocycles. The Morgan fingerprint density at radius 1 is 1.28 bits per heavy atom. The molecule has 0 saturated carbocycles. The van der Waals surface area contributed by atoms with Crippen LogP contribution in [0.5, 0.6) is 5.75 Å². The Hall–Kier alpha value is -1.39. The van der Waals surface area contributed by atoms with Crippen molar-refractivity contribution in [3.8, 4) is 16.3 Å². The molecule has 1 N–H and O–H groups in total. The highest BCUT2D eigenvalue weighted by Gasteiger charge is 2.11. The largest absolute Gasteiger partial charge is 0.496 e. The number of benzene rings is 1. The van der Waals surface area contributed by atoms with Crippen LogP contribution in [-0.2, 0) is 6.54 Å². The van der Waals surface area contributed by atoms with Gasteiger partial charge < -0.3 is 10.1 Å². The molecule has 0 aliphatic heterocycles. The zero-order valence-electron chi connectivity index (χ0n) is 11.2. The van der Waals surface area contributed by atoms with Crippen molar-refractivity contribution in [2.45, 2.75) is 20.4 Å². The molecule has 0 aliphatic carbocycles. The van der Waals surface area contributed by atoms with Crippen LogP contribution in [0, 0.1) is 13.8 Å². The predicted octanol–water partition coefficient (Wildman–Crippen LogP) is 3.15. The van der Waals surface area contributed by atoms with Gasteiger partial charge in [0.1, 0.15) is 10.8 Å². The number of ether oxygens (including phenoxy) is 1. The maximum absolute atomic E-state index is 5.46. The normalized spacial score (nSPS) is 10.7. The second-order valence-electron chi connectivity index (χ2n) is 4.31. The van der Waals surface area contributed by atoms with Crippen LogP contribution in [0.3, 0.4) is 0 Å². The SMILES string of the molecule is CNCc1csc(-c2cc(C)c(C)cc2OC)n1. The lowest BCUT2D eigenvalue weighted by Gasteiger charge is -2.09. The van der Waals surface area contributed by atoms with Crippen molar-refractivity contribution >= 4 is 11.3 Å². The number of nitrogens with zero attached hydrogens (tertiary/aromatic N) is 1. The summed E-state index contributed by atoms with van der Waals surface area (Å²) in [4.78, 5) is 4.63. The average Bonchev–Trinajstić information content (AvgIpc) is 2.81. The zero-order chi connectivity index (χ0) is 13.1. The van der Waals surface area contributed by atoms with E-state index in [1.165, 1.54) is 11.1 Å². The van der Waals surface area contributed by atoms with E-state index < -0.39 is 0 Å². The number of hydrogen-bond acceptors (Lipinski definition) is 4. The fourth-order valence-corrected chi connectivity index (χ4v) is 2.66. The number of rotatable bonds is 4. The van der Waals surface area contributed by atoms with Gasteiger partial charge >= 0.3 is 0 Å². The molecular formula is C14H18N2OS. The first kappa shape index (κ1) is 13.1.